The Labute approximate surface area is 112 Å². The molecule has 1 aliphatic heterocycles. The fraction of sp³-hybridized carbons (Fsp3) is 0.833. The molecule has 2 N–H and O–H groups in total. The molecular formula is C12H19NO5S. The normalized spacial score (nSPS) is 32.5. The quantitative estimate of drug-likeness (QED) is 0.764. The lowest BCUT2D eigenvalue weighted by Crippen LogP contribution is -2.42. The first-order chi connectivity index (χ1) is 8.65. The molecule has 1 heterocycles. The number of rotatable bonds is 3. The Morgan fingerprint density at radius 2 is 1.68 bits per heavy atom. The zero-order valence-electron chi connectivity index (χ0n) is 11.0. The van der Waals surface area contributed by atoms with Crippen LogP contribution < -0.4 is 5.32 Å². The zero-order valence-corrected chi connectivity index (χ0v) is 11.9. The number of sulfone groups is 1. The number of amides is 1. The summed E-state index contributed by atoms with van der Waals surface area (Å²) in [4.78, 5) is 23.1. The largest absolute Gasteiger partial charge is 0.481 e. The van der Waals surface area contributed by atoms with Gasteiger partial charge in [-0.15, -0.1) is 0 Å². The van der Waals surface area contributed by atoms with Crippen LogP contribution in [0.5, 0.6) is 0 Å². The highest BCUT2D eigenvalue weighted by molar-refractivity contribution is 7.91. The second-order valence-electron chi connectivity index (χ2n) is 6.05. The average Bonchev–Trinajstić information content (AvgIpc) is 2.85. The van der Waals surface area contributed by atoms with Gasteiger partial charge < -0.3 is 10.4 Å². The van der Waals surface area contributed by atoms with E-state index < -0.39 is 33.1 Å². The van der Waals surface area contributed by atoms with Crippen molar-refractivity contribution in [2.75, 3.05) is 11.5 Å². The predicted molar refractivity (Wildman–Crippen MR) is 68.2 cm³/mol. The van der Waals surface area contributed by atoms with Crippen molar-refractivity contribution in [3.8, 4) is 0 Å². The first-order valence-electron chi connectivity index (χ1n) is 6.39. The molecule has 2 fully saturated rings. The molecule has 2 rings (SSSR count). The molecule has 108 valence electrons. The minimum atomic E-state index is -2.95. The third kappa shape index (κ3) is 2.75. The number of aliphatic carboxylic acids is 1. The molecule has 0 aromatic heterocycles. The van der Waals surface area contributed by atoms with Gasteiger partial charge in [-0.05, 0) is 18.3 Å². The summed E-state index contributed by atoms with van der Waals surface area (Å²) in [5, 5.41) is 11.8. The standard InChI is InChI=1S/C12H19NO5S/c1-12(2)8(9(12)11(15)16)10(14)13-7-3-5-19(17,18)6-4-7/h7-9H,3-6H2,1-2H3,(H,13,14)(H,15,16)/t8-,9+/m1/s1. The lowest BCUT2D eigenvalue weighted by atomic mass is 10.1. The summed E-state index contributed by atoms with van der Waals surface area (Å²) in [5.74, 6) is -2.18. The Morgan fingerprint density at radius 3 is 2.11 bits per heavy atom. The van der Waals surface area contributed by atoms with E-state index in [1.807, 2.05) is 0 Å². The van der Waals surface area contributed by atoms with Gasteiger partial charge in [0.15, 0.2) is 0 Å². The Bertz CT molecular complexity index is 496. The summed E-state index contributed by atoms with van der Waals surface area (Å²) in [5.41, 5.74) is -0.517. The predicted octanol–water partition coefficient (Wildman–Crippen LogP) is 0.0366. The van der Waals surface area contributed by atoms with Crippen molar-refractivity contribution in [2.24, 2.45) is 17.3 Å². The van der Waals surface area contributed by atoms with E-state index in [-0.39, 0.29) is 23.5 Å². The van der Waals surface area contributed by atoms with Gasteiger partial charge in [-0.25, -0.2) is 8.42 Å². The van der Waals surface area contributed by atoms with Gasteiger partial charge in [-0.2, -0.15) is 0 Å². The summed E-state index contributed by atoms with van der Waals surface area (Å²) in [6.45, 7) is 3.53. The van der Waals surface area contributed by atoms with Crippen LogP contribution in [-0.4, -0.2) is 42.9 Å². The summed E-state index contributed by atoms with van der Waals surface area (Å²) in [6, 6.07) is -0.151. The smallest absolute Gasteiger partial charge is 0.307 e. The minimum Gasteiger partial charge on any atom is -0.481 e. The SMILES string of the molecule is CC1(C)[C@H](C(=O)O)[C@@H]1C(=O)NC1CCS(=O)(=O)CC1. The van der Waals surface area contributed by atoms with Gasteiger partial charge in [-0.3, -0.25) is 9.59 Å². The molecule has 6 nitrogen and oxygen atoms in total. The summed E-state index contributed by atoms with van der Waals surface area (Å²) >= 11 is 0. The molecular weight excluding hydrogens is 270 g/mol. The average molecular weight is 289 g/mol. The maximum atomic E-state index is 12.0. The van der Waals surface area contributed by atoms with E-state index in [0.717, 1.165) is 0 Å². The molecule has 1 amide bonds. The van der Waals surface area contributed by atoms with E-state index in [9.17, 15) is 18.0 Å². The van der Waals surface area contributed by atoms with Crippen LogP contribution in [-0.2, 0) is 19.4 Å². The molecule has 1 aliphatic carbocycles. The van der Waals surface area contributed by atoms with Gasteiger partial charge in [0, 0.05) is 6.04 Å². The van der Waals surface area contributed by atoms with Crippen molar-refractivity contribution in [2.45, 2.75) is 32.7 Å². The van der Waals surface area contributed by atoms with Gasteiger partial charge in [0.2, 0.25) is 5.91 Å². The lowest BCUT2D eigenvalue weighted by Gasteiger charge is -2.23. The molecule has 0 aromatic carbocycles. The molecule has 19 heavy (non-hydrogen) atoms. The summed E-state index contributed by atoms with van der Waals surface area (Å²) in [7, 11) is -2.95. The van der Waals surface area contributed by atoms with Crippen molar-refractivity contribution < 1.29 is 23.1 Å². The van der Waals surface area contributed by atoms with Gasteiger partial charge in [0.25, 0.3) is 0 Å². The van der Waals surface area contributed by atoms with Crippen molar-refractivity contribution in [3.05, 3.63) is 0 Å². The van der Waals surface area contributed by atoms with Gasteiger partial charge >= 0.3 is 5.97 Å². The van der Waals surface area contributed by atoms with E-state index in [2.05, 4.69) is 5.32 Å². The van der Waals surface area contributed by atoms with Gasteiger partial charge in [0.05, 0.1) is 23.3 Å². The second-order valence-corrected chi connectivity index (χ2v) is 8.35. The summed E-state index contributed by atoms with van der Waals surface area (Å²) in [6.07, 6.45) is 0.831. The molecule has 0 radical (unpaired) electrons. The van der Waals surface area contributed by atoms with Crippen LogP contribution in [0.3, 0.4) is 0 Å². The number of hydrogen-bond acceptors (Lipinski definition) is 4. The third-order valence-corrected chi connectivity index (χ3v) is 5.99. The molecule has 1 saturated heterocycles. The molecule has 0 bridgehead atoms. The maximum absolute atomic E-state index is 12.0. The molecule has 2 atom stereocenters. The van der Waals surface area contributed by atoms with Crippen LogP contribution in [0.1, 0.15) is 26.7 Å². The van der Waals surface area contributed by atoms with Crippen LogP contribution in [0.2, 0.25) is 0 Å². The number of hydrogen-bond donors (Lipinski definition) is 2. The first-order valence-corrected chi connectivity index (χ1v) is 8.21. The Balaban J connectivity index is 1.92. The number of carbonyl (C=O) groups is 2. The van der Waals surface area contributed by atoms with Crippen molar-refractivity contribution in [1.29, 1.82) is 0 Å². The monoisotopic (exact) mass is 289 g/mol. The van der Waals surface area contributed by atoms with Crippen molar-refractivity contribution in [3.63, 3.8) is 0 Å². The minimum absolute atomic E-state index is 0.0916. The highest BCUT2D eigenvalue weighted by Gasteiger charge is 2.66. The number of carbonyl (C=O) groups excluding carboxylic acids is 1. The lowest BCUT2D eigenvalue weighted by molar-refractivity contribution is -0.140. The Morgan fingerprint density at radius 1 is 1.16 bits per heavy atom. The molecule has 2 aliphatic rings. The van der Waals surface area contributed by atoms with E-state index >= 15 is 0 Å². The molecule has 1 saturated carbocycles. The second kappa shape index (κ2) is 4.47. The van der Waals surface area contributed by atoms with Crippen molar-refractivity contribution >= 4 is 21.7 Å². The maximum Gasteiger partial charge on any atom is 0.307 e. The number of carboxylic acid groups (broad SMARTS) is 1. The van der Waals surface area contributed by atoms with Gasteiger partial charge in [0.1, 0.15) is 9.84 Å². The Hall–Kier alpha value is -1.11. The molecule has 0 unspecified atom stereocenters. The highest BCUT2D eigenvalue weighted by Crippen LogP contribution is 2.58. The Kier molecular flexibility index (Phi) is 3.36. The van der Waals surface area contributed by atoms with Crippen molar-refractivity contribution in [1.82, 2.24) is 5.32 Å². The summed E-state index contributed by atoms with van der Waals surface area (Å²) < 4.78 is 22.6. The van der Waals surface area contributed by atoms with E-state index in [1.54, 1.807) is 13.8 Å². The first kappa shape index (κ1) is 14.3. The van der Waals surface area contributed by atoms with Crippen LogP contribution in [0.15, 0.2) is 0 Å². The van der Waals surface area contributed by atoms with E-state index in [4.69, 9.17) is 5.11 Å². The molecule has 0 spiro atoms. The van der Waals surface area contributed by atoms with Crippen LogP contribution in [0.25, 0.3) is 0 Å². The number of carboxylic acids is 1. The third-order valence-electron chi connectivity index (χ3n) is 4.28. The molecule has 0 aromatic rings. The van der Waals surface area contributed by atoms with Gasteiger partial charge in [-0.1, -0.05) is 13.8 Å². The highest BCUT2D eigenvalue weighted by atomic mass is 32.2. The topological polar surface area (TPSA) is 101 Å². The zero-order chi connectivity index (χ0) is 14.4. The van der Waals surface area contributed by atoms with E-state index in [1.165, 1.54) is 0 Å². The van der Waals surface area contributed by atoms with E-state index in [0.29, 0.717) is 12.8 Å². The number of nitrogens with one attached hydrogen (secondary N) is 1. The fourth-order valence-electron chi connectivity index (χ4n) is 2.91. The van der Waals surface area contributed by atoms with Crippen LogP contribution in [0.4, 0.5) is 0 Å². The molecule has 7 heteroatoms. The van der Waals surface area contributed by atoms with Crippen LogP contribution in [0, 0.1) is 17.3 Å². The fourth-order valence-corrected chi connectivity index (χ4v) is 4.40. The van der Waals surface area contributed by atoms with Crippen LogP contribution >= 0.6 is 0 Å².